The highest BCUT2D eigenvalue weighted by atomic mass is 19.2. The standard InChI is InChI=1S/C16H11F5N2O2/c1-7(8-2-3-9-10(6-8)25-5-4-24-9)22-23-16-14(20)12(18)11(17)13(19)15(16)21/h2-3,6,23H,4-5H2,1H3/b22-7-. The number of hydrogen-bond donors (Lipinski definition) is 1. The van der Waals surface area contributed by atoms with E-state index in [9.17, 15) is 22.0 Å². The van der Waals surface area contributed by atoms with E-state index in [1.165, 1.54) is 6.92 Å². The zero-order valence-corrected chi connectivity index (χ0v) is 12.8. The largest absolute Gasteiger partial charge is 0.486 e. The van der Waals surface area contributed by atoms with Crippen molar-refractivity contribution in [1.82, 2.24) is 0 Å². The van der Waals surface area contributed by atoms with Crippen LogP contribution >= 0.6 is 0 Å². The van der Waals surface area contributed by atoms with Crippen molar-refractivity contribution in [2.24, 2.45) is 5.10 Å². The summed E-state index contributed by atoms with van der Waals surface area (Å²) in [4.78, 5) is 0. The van der Waals surface area contributed by atoms with E-state index in [1.54, 1.807) is 18.2 Å². The summed E-state index contributed by atoms with van der Waals surface area (Å²) < 4.78 is 77.3. The van der Waals surface area contributed by atoms with E-state index < -0.39 is 34.8 Å². The maximum absolute atomic E-state index is 13.6. The van der Waals surface area contributed by atoms with Gasteiger partial charge in [-0.2, -0.15) is 5.10 Å². The minimum absolute atomic E-state index is 0.237. The lowest BCUT2D eigenvalue weighted by Gasteiger charge is -2.18. The molecule has 25 heavy (non-hydrogen) atoms. The normalized spacial score (nSPS) is 13.8. The molecule has 2 aromatic rings. The second-order valence-corrected chi connectivity index (χ2v) is 5.11. The Morgan fingerprint density at radius 3 is 2.08 bits per heavy atom. The van der Waals surface area contributed by atoms with E-state index in [0.29, 0.717) is 30.3 Å². The van der Waals surface area contributed by atoms with Crippen LogP contribution in [0.2, 0.25) is 0 Å². The van der Waals surface area contributed by atoms with E-state index in [4.69, 9.17) is 9.47 Å². The summed E-state index contributed by atoms with van der Waals surface area (Å²) in [5.74, 6) is -9.30. The van der Waals surface area contributed by atoms with E-state index in [2.05, 4.69) is 5.10 Å². The molecule has 0 fully saturated rings. The van der Waals surface area contributed by atoms with Gasteiger partial charge in [-0.1, -0.05) is 0 Å². The second-order valence-electron chi connectivity index (χ2n) is 5.11. The molecular formula is C16H11F5N2O2. The van der Waals surface area contributed by atoms with E-state index >= 15 is 0 Å². The summed E-state index contributed by atoms with van der Waals surface area (Å²) >= 11 is 0. The molecule has 1 aliphatic rings. The summed E-state index contributed by atoms with van der Waals surface area (Å²) in [6.45, 7) is 2.28. The molecule has 0 saturated heterocycles. The van der Waals surface area contributed by atoms with Crippen LogP contribution in [0.3, 0.4) is 0 Å². The van der Waals surface area contributed by atoms with Crippen LogP contribution in [0.15, 0.2) is 23.3 Å². The molecule has 2 aromatic carbocycles. The topological polar surface area (TPSA) is 42.9 Å². The number of hydrogen-bond acceptors (Lipinski definition) is 4. The van der Waals surface area contributed by atoms with Crippen molar-refractivity contribution in [3.8, 4) is 11.5 Å². The molecule has 4 nitrogen and oxygen atoms in total. The van der Waals surface area contributed by atoms with Crippen LogP contribution < -0.4 is 14.9 Å². The molecule has 132 valence electrons. The molecule has 0 aromatic heterocycles. The van der Waals surface area contributed by atoms with E-state index in [1.807, 2.05) is 5.43 Å². The van der Waals surface area contributed by atoms with Crippen LogP contribution in [0.4, 0.5) is 27.6 Å². The van der Waals surface area contributed by atoms with Crippen LogP contribution in [-0.2, 0) is 0 Å². The molecule has 1 N–H and O–H groups in total. The van der Waals surface area contributed by atoms with Gasteiger partial charge in [-0.05, 0) is 25.1 Å². The first-order chi connectivity index (χ1) is 11.9. The Morgan fingerprint density at radius 1 is 0.880 bits per heavy atom. The highest BCUT2D eigenvalue weighted by Crippen LogP contribution is 2.31. The minimum Gasteiger partial charge on any atom is -0.486 e. The maximum Gasteiger partial charge on any atom is 0.200 e. The molecule has 0 bridgehead atoms. The van der Waals surface area contributed by atoms with Gasteiger partial charge < -0.3 is 9.47 Å². The third-order valence-electron chi connectivity index (χ3n) is 3.51. The summed E-state index contributed by atoms with van der Waals surface area (Å²) in [7, 11) is 0. The van der Waals surface area contributed by atoms with Crippen LogP contribution in [0.1, 0.15) is 12.5 Å². The van der Waals surface area contributed by atoms with Gasteiger partial charge in [0.05, 0.1) is 5.71 Å². The maximum atomic E-state index is 13.6. The predicted molar refractivity (Wildman–Crippen MR) is 79.5 cm³/mol. The Bertz CT molecular complexity index is 841. The van der Waals surface area contributed by atoms with Gasteiger partial charge in [-0.3, -0.25) is 5.43 Å². The second kappa shape index (κ2) is 6.58. The Labute approximate surface area is 138 Å². The zero-order valence-electron chi connectivity index (χ0n) is 12.8. The molecule has 0 unspecified atom stereocenters. The highest BCUT2D eigenvalue weighted by Gasteiger charge is 2.25. The lowest BCUT2D eigenvalue weighted by molar-refractivity contribution is 0.171. The lowest BCUT2D eigenvalue weighted by Crippen LogP contribution is -2.15. The van der Waals surface area contributed by atoms with Crippen LogP contribution in [-0.4, -0.2) is 18.9 Å². The Balaban J connectivity index is 1.90. The summed E-state index contributed by atoms with van der Waals surface area (Å²) in [5.41, 5.74) is 1.41. The number of halogens is 5. The van der Waals surface area contributed by atoms with Crippen LogP contribution in [0.25, 0.3) is 0 Å². The third-order valence-corrected chi connectivity index (χ3v) is 3.51. The molecule has 1 heterocycles. The van der Waals surface area contributed by atoms with Crippen molar-refractivity contribution < 1.29 is 31.4 Å². The Hall–Kier alpha value is -2.84. The number of fused-ring (bicyclic) bond motifs is 1. The fraction of sp³-hybridized carbons (Fsp3) is 0.188. The van der Waals surface area contributed by atoms with Crippen molar-refractivity contribution in [3.05, 3.63) is 52.8 Å². The fourth-order valence-electron chi connectivity index (χ4n) is 2.18. The molecule has 0 atom stereocenters. The van der Waals surface area contributed by atoms with Crippen molar-refractivity contribution in [2.45, 2.75) is 6.92 Å². The zero-order chi connectivity index (χ0) is 18.1. The third kappa shape index (κ3) is 3.09. The number of hydrazone groups is 1. The van der Waals surface area contributed by atoms with Crippen LogP contribution in [0, 0.1) is 29.1 Å². The van der Waals surface area contributed by atoms with Gasteiger partial charge in [0.15, 0.2) is 34.8 Å². The smallest absolute Gasteiger partial charge is 0.200 e. The molecule has 1 aliphatic heterocycles. The van der Waals surface area contributed by atoms with Gasteiger partial charge >= 0.3 is 0 Å². The molecule has 0 amide bonds. The molecule has 3 rings (SSSR count). The first kappa shape index (κ1) is 17.0. The number of nitrogens with zero attached hydrogens (tertiary/aromatic N) is 1. The molecular weight excluding hydrogens is 347 g/mol. The van der Waals surface area contributed by atoms with Crippen molar-refractivity contribution in [1.29, 1.82) is 0 Å². The predicted octanol–water partition coefficient (Wildman–Crippen LogP) is 3.99. The number of benzene rings is 2. The number of ether oxygens (including phenoxy) is 2. The fourth-order valence-corrected chi connectivity index (χ4v) is 2.18. The van der Waals surface area contributed by atoms with E-state index in [0.717, 1.165) is 0 Å². The van der Waals surface area contributed by atoms with Crippen molar-refractivity contribution in [2.75, 3.05) is 18.6 Å². The molecule has 0 saturated carbocycles. The van der Waals surface area contributed by atoms with Crippen molar-refractivity contribution in [3.63, 3.8) is 0 Å². The van der Waals surface area contributed by atoms with Gasteiger partial charge in [-0.25, -0.2) is 22.0 Å². The number of anilines is 1. The van der Waals surface area contributed by atoms with Gasteiger partial charge in [0.25, 0.3) is 0 Å². The molecule has 0 radical (unpaired) electrons. The van der Waals surface area contributed by atoms with Crippen molar-refractivity contribution >= 4 is 11.4 Å². The molecule has 0 spiro atoms. The van der Waals surface area contributed by atoms with Gasteiger partial charge in [0.1, 0.15) is 18.9 Å². The number of nitrogens with one attached hydrogen (secondary N) is 1. The Morgan fingerprint density at radius 2 is 1.44 bits per heavy atom. The monoisotopic (exact) mass is 358 g/mol. The number of rotatable bonds is 3. The Kier molecular flexibility index (Phi) is 4.47. The lowest BCUT2D eigenvalue weighted by atomic mass is 10.1. The van der Waals surface area contributed by atoms with Crippen LogP contribution in [0.5, 0.6) is 11.5 Å². The summed E-state index contributed by atoms with van der Waals surface area (Å²) in [5, 5.41) is 3.68. The average Bonchev–Trinajstić information content (AvgIpc) is 2.64. The summed E-state index contributed by atoms with van der Waals surface area (Å²) in [6, 6.07) is 4.83. The van der Waals surface area contributed by atoms with Gasteiger partial charge in [0, 0.05) is 5.56 Å². The minimum atomic E-state index is -2.23. The molecule has 9 heteroatoms. The highest BCUT2D eigenvalue weighted by molar-refractivity contribution is 5.99. The van der Waals surface area contributed by atoms with Gasteiger partial charge in [-0.15, -0.1) is 0 Å². The molecule has 0 aliphatic carbocycles. The SMILES string of the molecule is C/C(=N/Nc1c(F)c(F)c(F)c(F)c1F)c1ccc2c(c1)OCCO2. The van der Waals surface area contributed by atoms with E-state index in [-0.39, 0.29) is 5.71 Å². The summed E-state index contributed by atoms with van der Waals surface area (Å²) in [6.07, 6.45) is 0. The quantitative estimate of drug-likeness (QED) is 0.297. The first-order valence-corrected chi connectivity index (χ1v) is 7.12. The first-order valence-electron chi connectivity index (χ1n) is 7.12. The average molecular weight is 358 g/mol. The van der Waals surface area contributed by atoms with Gasteiger partial charge in [0.2, 0.25) is 5.82 Å².